The van der Waals surface area contributed by atoms with Crippen molar-refractivity contribution in [2.24, 2.45) is 17.8 Å². The molecule has 0 aromatic carbocycles. The molecular formula is C29H48F2O. The fourth-order valence-corrected chi connectivity index (χ4v) is 7.71. The van der Waals surface area contributed by atoms with E-state index in [1.54, 1.807) is 0 Å². The molecule has 1 heterocycles. The van der Waals surface area contributed by atoms with E-state index >= 15 is 8.78 Å². The Bertz CT molecular complexity index is 566. The Hall–Kier alpha value is -0.180. The Morgan fingerprint density at radius 1 is 0.781 bits per heavy atom. The Kier molecular flexibility index (Phi) is 8.27. The summed E-state index contributed by atoms with van der Waals surface area (Å²) in [4.78, 5) is 0. The third-order valence-corrected chi connectivity index (χ3v) is 9.83. The van der Waals surface area contributed by atoms with Gasteiger partial charge in [0, 0.05) is 0 Å². The zero-order chi connectivity index (χ0) is 22.8. The van der Waals surface area contributed by atoms with E-state index in [0.717, 1.165) is 43.9 Å². The number of alkyl halides is 2. The molecule has 4 aliphatic rings. The maximum Gasteiger partial charge on any atom is 0.159 e. The van der Waals surface area contributed by atoms with Crippen LogP contribution in [0.25, 0.3) is 0 Å². The normalized spacial score (nSPS) is 40.2. The number of epoxide rings is 1. The molecule has 0 N–H and O–H groups in total. The van der Waals surface area contributed by atoms with Crippen LogP contribution in [0, 0.1) is 29.6 Å². The average Bonchev–Trinajstić information content (AvgIpc) is 3.43. The van der Waals surface area contributed by atoms with Gasteiger partial charge in [0.2, 0.25) is 0 Å². The van der Waals surface area contributed by atoms with Gasteiger partial charge in [0.25, 0.3) is 0 Å². The number of rotatable bonds is 9. The van der Waals surface area contributed by atoms with Crippen molar-refractivity contribution in [2.45, 2.75) is 153 Å². The van der Waals surface area contributed by atoms with E-state index in [2.05, 4.69) is 13.8 Å². The van der Waals surface area contributed by atoms with Crippen LogP contribution in [0.1, 0.15) is 130 Å². The molecule has 1 spiro atoms. The molecule has 4 rings (SSSR count). The summed E-state index contributed by atoms with van der Waals surface area (Å²) in [6.45, 7) is 6.45. The summed E-state index contributed by atoms with van der Waals surface area (Å²) < 4.78 is 36.8. The van der Waals surface area contributed by atoms with E-state index in [0.29, 0.717) is 12.8 Å². The van der Waals surface area contributed by atoms with Crippen molar-refractivity contribution in [3.63, 3.8) is 0 Å². The van der Waals surface area contributed by atoms with E-state index in [1.165, 1.54) is 70.1 Å². The molecule has 3 heteroatoms. The van der Waals surface area contributed by atoms with Gasteiger partial charge in [0.05, 0.1) is 0 Å². The molecule has 3 aliphatic carbocycles. The van der Waals surface area contributed by atoms with Gasteiger partial charge in [-0.05, 0) is 107 Å². The molecule has 1 saturated heterocycles. The molecule has 0 bridgehead atoms. The monoisotopic (exact) mass is 450 g/mol. The summed E-state index contributed by atoms with van der Waals surface area (Å²) in [5.74, 6) is 5.14. The zero-order valence-electron chi connectivity index (χ0n) is 21.1. The molecule has 1 nitrogen and oxygen atoms in total. The Balaban J connectivity index is 1.23. The molecule has 2 radical (unpaired) electrons. The van der Waals surface area contributed by atoms with Gasteiger partial charge >= 0.3 is 0 Å². The van der Waals surface area contributed by atoms with Crippen LogP contribution < -0.4 is 0 Å². The number of hydrogen-bond donors (Lipinski definition) is 0. The molecule has 3 saturated carbocycles. The van der Waals surface area contributed by atoms with Crippen molar-refractivity contribution in [1.29, 1.82) is 0 Å². The second-order valence-corrected chi connectivity index (χ2v) is 11.9. The number of ether oxygens (including phenoxy) is 1. The second kappa shape index (κ2) is 10.6. The SMILES string of the molecule is CCCCCCC1(C)OC12C(F)CC([C]1CCC([C]3CCC(CCC)CC3)CC1)CC2F. The van der Waals surface area contributed by atoms with Gasteiger partial charge in [-0.25, -0.2) is 8.78 Å². The summed E-state index contributed by atoms with van der Waals surface area (Å²) in [7, 11) is 0. The molecule has 3 atom stereocenters. The van der Waals surface area contributed by atoms with Crippen LogP contribution in [0.15, 0.2) is 0 Å². The summed E-state index contributed by atoms with van der Waals surface area (Å²) >= 11 is 0. The number of unbranched alkanes of at least 4 members (excludes halogenated alkanes) is 3. The summed E-state index contributed by atoms with van der Waals surface area (Å²) in [6, 6.07) is 0. The predicted molar refractivity (Wildman–Crippen MR) is 129 cm³/mol. The summed E-state index contributed by atoms with van der Waals surface area (Å²) in [6.07, 6.45) is 16.8. The average molecular weight is 451 g/mol. The van der Waals surface area contributed by atoms with Crippen molar-refractivity contribution in [3.05, 3.63) is 11.8 Å². The van der Waals surface area contributed by atoms with Crippen molar-refractivity contribution in [1.82, 2.24) is 0 Å². The minimum absolute atomic E-state index is 0.130. The third kappa shape index (κ3) is 4.94. The molecule has 184 valence electrons. The van der Waals surface area contributed by atoms with Gasteiger partial charge in [-0.1, -0.05) is 52.4 Å². The molecule has 3 unspecified atom stereocenters. The minimum atomic E-state index is -1.15. The maximum absolute atomic E-state index is 15.4. The first-order valence-electron chi connectivity index (χ1n) is 14.1. The minimum Gasteiger partial charge on any atom is -0.356 e. The summed E-state index contributed by atoms with van der Waals surface area (Å²) in [5, 5.41) is 0. The first-order valence-corrected chi connectivity index (χ1v) is 14.1. The number of halogens is 2. The molecule has 4 fully saturated rings. The zero-order valence-corrected chi connectivity index (χ0v) is 21.1. The van der Waals surface area contributed by atoms with Crippen LogP contribution in [0.3, 0.4) is 0 Å². The van der Waals surface area contributed by atoms with Gasteiger partial charge in [0.15, 0.2) is 5.60 Å². The number of hydrogen-bond acceptors (Lipinski definition) is 1. The van der Waals surface area contributed by atoms with Crippen LogP contribution in [-0.4, -0.2) is 23.5 Å². The third-order valence-electron chi connectivity index (χ3n) is 9.83. The molecule has 0 amide bonds. The van der Waals surface area contributed by atoms with Crippen LogP contribution in [0.2, 0.25) is 0 Å². The Morgan fingerprint density at radius 2 is 1.38 bits per heavy atom. The van der Waals surface area contributed by atoms with E-state index in [9.17, 15) is 0 Å². The Morgan fingerprint density at radius 3 is 1.97 bits per heavy atom. The van der Waals surface area contributed by atoms with Crippen LogP contribution in [-0.2, 0) is 4.74 Å². The molecule has 32 heavy (non-hydrogen) atoms. The van der Waals surface area contributed by atoms with Crippen molar-refractivity contribution < 1.29 is 13.5 Å². The van der Waals surface area contributed by atoms with E-state index in [4.69, 9.17) is 4.74 Å². The maximum atomic E-state index is 15.4. The van der Waals surface area contributed by atoms with Gasteiger partial charge in [-0.3, -0.25) is 0 Å². The lowest BCUT2D eigenvalue weighted by Crippen LogP contribution is -2.49. The van der Waals surface area contributed by atoms with E-state index in [1.807, 2.05) is 12.8 Å². The highest BCUT2D eigenvalue weighted by atomic mass is 19.1. The van der Waals surface area contributed by atoms with E-state index in [-0.39, 0.29) is 5.92 Å². The van der Waals surface area contributed by atoms with E-state index < -0.39 is 23.5 Å². The lowest BCUT2D eigenvalue weighted by molar-refractivity contribution is 0.0137. The largest absolute Gasteiger partial charge is 0.356 e. The highest BCUT2D eigenvalue weighted by molar-refractivity contribution is 5.25. The second-order valence-electron chi connectivity index (χ2n) is 11.9. The smallest absolute Gasteiger partial charge is 0.159 e. The first-order chi connectivity index (χ1) is 15.4. The van der Waals surface area contributed by atoms with Gasteiger partial charge in [-0.2, -0.15) is 0 Å². The topological polar surface area (TPSA) is 12.5 Å². The fraction of sp³-hybridized carbons (Fsp3) is 0.931. The van der Waals surface area contributed by atoms with Crippen molar-refractivity contribution >= 4 is 0 Å². The van der Waals surface area contributed by atoms with Gasteiger partial charge in [0.1, 0.15) is 17.9 Å². The molecule has 0 aromatic heterocycles. The van der Waals surface area contributed by atoms with Crippen molar-refractivity contribution in [3.8, 4) is 0 Å². The lowest BCUT2D eigenvalue weighted by Gasteiger charge is -2.42. The molecule has 0 aromatic rings. The van der Waals surface area contributed by atoms with Crippen LogP contribution in [0.5, 0.6) is 0 Å². The highest BCUT2D eigenvalue weighted by Gasteiger charge is 2.76. The molecular weight excluding hydrogens is 402 g/mol. The summed E-state index contributed by atoms with van der Waals surface area (Å²) in [5.41, 5.74) is -1.72. The lowest BCUT2D eigenvalue weighted by atomic mass is 9.63. The fourth-order valence-electron chi connectivity index (χ4n) is 7.71. The van der Waals surface area contributed by atoms with Gasteiger partial charge < -0.3 is 4.74 Å². The Labute approximate surface area is 196 Å². The standard InChI is InChI=1S/C29H48F2O/c1-4-6-7-8-18-28(3)29(32-28)26(30)19-25(20-27(29)31)24-16-14-23(15-17-24)22-12-10-21(9-5-2)11-13-22/h21,23,25-27H,4-20H2,1-3H3. The van der Waals surface area contributed by atoms with Gasteiger partial charge in [-0.15, -0.1) is 0 Å². The van der Waals surface area contributed by atoms with Crippen molar-refractivity contribution in [2.75, 3.05) is 0 Å². The first kappa shape index (κ1) is 24.9. The quantitative estimate of drug-likeness (QED) is 0.252. The van der Waals surface area contributed by atoms with Crippen LogP contribution >= 0.6 is 0 Å². The van der Waals surface area contributed by atoms with Crippen LogP contribution in [0.4, 0.5) is 8.78 Å². The predicted octanol–water partition coefficient (Wildman–Crippen LogP) is 8.90. The molecule has 1 aliphatic heterocycles. The highest BCUT2D eigenvalue weighted by Crippen LogP contribution is 2.62.